The standard InChI is InChI=1S/C25H46/c1-3-5-7-9-11-13-15-17-19-21-23-25-24-22-20-18-16-14-12-10-8-6-4-2/h5,7,9,11,17,19H,3-4,6,8,10,12-16,18,20-25H2,1-2H3/b7-5+,11-9+,19-17+. The zero-order valence-corrected chi connectivity index (χ0v) is 17.5. The Morgan fingerprint density at radius 1 is 0.400 bits per heavy atom. The molecule has 0 rings (SSSR count). The lowest BCUT2D eigenvalue weighted by molar-refractivity contribution is 0.540. The van der Waals surface area contributed by atoms with Gasteiger partial charge in [0.05, 0.1) is 0 Å². The molecular formula is C25H46. The molecule has 0 aromatic heterocycles. The van der Waals surface area contributed by atoms with Crippen LogP contribution in [0.2, 0.25) is 0 Å². The van der Waals surface area contributed by atoms with Gasteiger partial charge >= 0.3 is 0 Å². The Bertz CT molecular complexity index is 308. The second kappa shape index (κ2) is 23.2. The Morgan fingerprint density at radius 2 is 0.840 bits per heavy atom. The molecule has 0 amide bonds. The van der Waals surface area contributed by atoms with E-state index in [4.69, 9.17) is 0 Å². The van der Waals surface area contributed by atoms with Crippen LogP contribution in [0.1, 0.15) is 123 Å². The number of hydrogen-bond donors (Lipinski definition) is 0. The van der Waals surface area contributed by atoms with E-state index in [0.29, 0.717) is 0 Å². The lowest BCUT2D eigenvalue weighted by Crippen LogP contribution is -1.82. The van der Waals surface area contributed by atoms with Gasteiger partial charge < -0.3 is 0 Å². The highest BCUT2D eigenvalue weighted by molar-refractivity contribution is 5.02. The van der Waals surface area contributed by atoms with Gasteiger partial charge in [0.1, 0.15) is 0 Å². The van der Waals surface area contributed by atoms with E-state index in [2.05, 4.69) is 50.3 Å². The molecule has 0 aromatic carbocycles. The van der Waals surface area contributed by atoms with Gasteiger partial charge in [-0.2, -0.15) is 0 Å². The maximum atomic E-state index is 2.38. The van der Waals surface area contributed by atoms with Crippen LogP contribution in [0, 0.1) is 0 Å². The van der Waals surface area contributed by atoms with Crippen LogP contribution in [0.25, 0.3) is 0 Å². The van der Waals surface area contributed by atoms with Crippen LogP contribution in [0.5, 0.6) is 0 Å². The molecule has 0 unspecified atom stereocenters. The maximum Gasteiger partial charge on any atom is -0.0313 e. The number of unbranched alkanes of at least 4 members (excludes halogenated alkanes) is 14. The van der Waals surface area contributed by atoms with Crippen molar-refractivity contribution >= 4 is 0 Å². The highest BCUT2D eigenvalue weighted by atomic mass is 14.0. The summed E-state index contributed by atoms with van der Waals surface area (Å²) in [7, 11) is 0. The van der Waals surface area contributed by atoms with Crippen LogP contribution in [0.15, 0.2) is 36.5 Å². The van der Waals surface area contributed by atoms with Crippen molar-refractivity contribution in [1.29, 1.82) is 0 Å². The molecule has 0 aliphatic carbocycles. The molecule has 0 aliphatic rings. The first-order valence-corrected chi connectivity index (χ1v) is 11.4. The SMILES string of the molecule is CC/C=C/C=C/CC/C=C/CCCCCCCCCCCCCCC. The molecule has 0 aromatic rings. The van der Waals surface area contributed by atoms with E-state index in [-0.39, 0.29) is 0 Å². The Labute approximate surface area is 159 Å². The predicted molar refractivity (Wildman–Crippen MR) is 117 cm³/mol. The second-order valence-electron chi connectivity index (χ2n) is 7.34. The monoisotopic (exact) mass is 346 g/mol. The first kappa shape index (κ1) is 24.2. The topological polar surface area (TPSA) is 0 Å². The Hall–Kier alpha value is -0.780. The van der Waals surface area contributed by atoms with Crippen LogP contribution in [-0.4, -0.2) is 0 Å². The summed E-state index contributed by atoms with van der Waals surface area (Å²) in [6.07, 6.45) is 37.0. The van der Waals surface area contributed by atoms with Crippen molar-refractivity contribution in [3.63, 3.8) is 0 Å². The Kier molecular flexibility index (Phi) is 22.5. The number of hydrogen-bond acceptors (Lipinski definition) is 0. The van der Waals surface area contributed by atoms with Crippen LogP contribution in [-0.2, 0) is 0 Å². The van der Waals surface area contributed by atoms with E-state index >= 15 is 0 Å². The summed E-state index contributed by atoms with van der Waals surface area (Å²) in [4.78, 5) is 0. The van der Waals surface area contributed by atoms with Gasteiger partial charge in [0, 0.05) is 0 Å². The minimum Gasteiger partial charge on any atom is -0.0885 e. The first-order valence-electron chi connectivity index (χ1n) is 11.4. The fourth-order valence-corrected chi connectivity index (χ4v) is 3.10. The van der Waals surface area contributed by atoms with Crippen LogP contribution < -0.4 is 0 Å². The summed E-state index contributed by atoms with van der Waals surface area (Å²) < 4.78 is 0. The molecular weight excluding hydrogens is 300 g/mol. The van der Waals surface area contributed by atoms with Crippen molar-refractivity contribution in [2.75, 3.05) is 0 Å². The average Bonchev–Trinajstić information content (AvgIpc) is 2.63. The van der Waals surface area contributed by atoms with Crippen LogP contribution >= 0.6 is 0 Å². The average molecular weight is 347 g/mol. The van der Waals surface area contributed by atoms with E-state index in [1.807, 2.05) is 0 Å². The van der Waals surface area contributed by atoms with E-state index in [0.717, 1.165) is 6.42 Å². The molecule has 0 saturated carbocycles. The van der Waals surface area contributed by atoms with Crippen molar-refractivity contribution < 1.29 is 0 Å². The van der Waals surface area contributed by atoms with E-state index in [9.17, 15) is 0 Å². The van der Waals surface area contributed by atoms with Gasteiger partial charge in [-0.3, -0.25) is 0 Å². The largest absolute Gasteiger partial charge is 0.0885 e. The van der Waals surface area contributed by atoms with E-state index in [1.54, 1.807) is 0 Å². The van der Waals surface area contributed by atoms with Crippen molar-refractivity contribution in [3.05, 3.63) is 36.5 Å². The number of allylic oxidation sites excluding steroid dienone is 6. The molecule has 0 heterocycles. The zero-order valence-electron chi connectivity index (χ0n) is 17.5. The van der Waals surface area contributed by atoms with Gasteiger partial charge in [-0.05, 0) is 32.1 Å². The van der Waals surface area contributed by atoms with Gasteiger partial charge in [-0.1, -0.05) is 127 Å². The van der Waals surface area contributed by atoms with Crippen molar-refractivity contribution in [2.45, 2.75) is 123 Å². The third-order valence-electron chi connectivity index (χ3n) is 4.76. The third-order valence-corrected chi connectivity index (χ3v) is 4.76. The Balaban J connectivity index is 3.12. The lowest BCUT2D eigenvalue weighted by Gasteiger charge is -2.02. The summed E-state index contributed by atoms with van der Waals surface area (Å²) in [5.74, 6) is 0. The third kappa shape index (κ3) is 23.2. The van der Waals surface area contributed by atoms with Gasteiger partial charge in [0.15, 0.2) is 0 Å². The molecule has 0 radical (unpaired) electrons. The lowest BCUT2D eigenvalue weighted by atomic mass is 10.0. The number of rotatable bonds is 19. The summed E-state index contributed by atoms with van der Waals surface area (Å²) in [5, 5.41) is 0. The quantitative estimate of drug-likeness (QED) is 0.124. The minimum absolute atomic E-state index is 1.13. The summed E-state index contributed by atoms with van der Waals surface area (Å²) >= 11 is 0. The normalized spacial score (nSPS) is 12.2. The molecule has 25 heavy (non-hydrogen) atoms. The summed E-state index contributed by atoms with van der Waals surface area (Å²) in [5.41, 5.74) is 0. The fraction of sp³-hybridized carbons (Fsp3) is 0.760. The van der Waals surface area contributed by atoms with Gasteiger partial charge in [0.25, 0.3) is 0 Å². The van der Waals surface area contributed by atoms with Gasteiger partial charge in [-0.15, -0.1) is 0 Å². The Morgan fingerprint density at radius 3 is 1.40 bits per heavy atom. The summed E-state index contributed by atoms with van der Waals surface area (Å²) in [6.45, 7) is 4.46. The zero-order chi connectivity index (χ0) is 18.3. The molecule has 0 bridgehead atoms. The maximum absolute atomic E-state index is 2.38. The molecule has 0 fully saturated rings. The van der Waals surface area contributed by atoms with Gasteiger partial charge in [-0.25, -0.2) is 0 Å². The molecule has 0 nitrogen and oxygen atoms in total. The molecule has 0 saturated heterocycles. The molecule has 146 valence electrons. The molecule has 0 spiro atoms. The molecule has 0 N–H and O–H groups in total. The van der Waals surface area contributed by atoms with Gasteiger partial charge in [0.2, 0.25) is 0 Å². The first-order chi connectivity index (χ1) is 12.4. The molecule has 0 heteroatoms. The molecule has 0 aliphatic heterocycles. The highest BCUT2D eigenvalue weighted by Crippen LogP contribution is 2.13. The summed E-state index contributed by atoms with van der Waals surface area (Å²) in [6, 6.07) is 0. The predicted octanol–water partition coefficient (Wildman–Crippen LogP) is 9.33. The fourth-order valence-electron chi connectivity index (χ4n) is 3.10. The smallest absolute Gasteiger partial charge is 0.0313 e. The van der Waals surface area contributed by atoms with Crippen molar-refractivity contribution in [3.8, 4) is 0 Å². The second-order valence-corrected chi connectivity index (χ2v) is 7.34. The van der Waals surface area contributed by atoms with Crippen LogP contribution in [0.4, 0.5) is 0 Å². The van der Waals surface area contributed by atoms with E-state index < -0.39 is 0 Å². The van der Waals surface area contributed by atoms with Crippen molar-refractivity contribution in [2.24, 2.45) is 0 Å². The minimum atomic E-state index is 1.13. The van der Waals surface area contributed by atoms with Crippen LogP contribution in [0.3, 0.4) is 0 Å². The highest BCUT2D eigenvalue weighted by Gasteiger charge is 1.93. The van der Waals surface area contributed by atoms with E-state index in [1.165, 1.54) is 103 Å². The van der Waals surface area contributed by atoms with Crippen molar-refractivity contribution in [1.82, 2.24) is 0 Å². The molecule has 0 atom stereocenters.